The summed E-state index contributed by atoms with van der Waals surface area (Å²) in [6.07, 6.45) is 5.76. The molecule has 1 amide bonds. The number of rotatable bonds is 13. The van der Waals surface area contributed by atoms with E-state index in [9.17, 15) is 4.79 Å². The molecule has 52 heavy (non-hydrogen) atoms. The van der Waals surface area contributed by atoms with Gasteiger partial charge in [0, 0.05) is 37.0 Å². The number of nitrogens with zero attached hydrogens (tertiary/aromatic N) is 3. The Morgan fingerprint density at radius 2 is 1.52 bits per heavy atom. The third-order valence-electron chi connectivity index (χ3n) is 10.8. The summed E-state index contributed by atoms with van der Waals surface area (Å²) in [6, 6.07) is 26.0. The average molecular weight is 726 g/mol. The predicted octanol–water partition coefficient (Wildman–Crippen LogP) is 8.20. The zero-order chi connectivity index (χ0) is 37.1. The minimum atomic E-state index is -2.64. The molecule has 1 saturated heterocycles. The maximum atomic E-state index is 12.5. The van der Waals surface area contributed by atoms with Crippen LogP contribution >= 0.6 is 0 Å². The molecule has 2 fully saturated rings. The molecule has 1 saturated carbocycles. The molecule has 0 atom stereocenters. The highest BCUT2D eigenvalue weighted by atomic mass is 28.4. The standard InChI is InChI=1S/C43H59N3O5Si/c1-41(2,3)50-40(47)46-27-23-32(24-28-46)19-21-37-35-20-22-38(36(29-45(7)8)39(35)51-44-37)48-30-43(25-26-43)31-49-52(42(4,5)6,33-15-11-9-12-16-33)34-17-13-10-14-18-34/h9-18,20,22,32H,19,21,23-31H2,1-8H3. The van der Waals surface area contributed by atoms with Gasteiger partial charge in [0.15, 0.2) is 5.58 Å². The SMILES string of the molecule is CN(C)Cc1c(OCC2(CO[Si](c3ccccc3)(c3ccccc3)C(C)(C)C)CC2)ccc2c(CCC3CCN(C(=O)OC(C)(C)C)CC3)noc12. The largest absolute Gasteiger partial charge is 0.492 e. The Morgan fingerprint density at radius 1 is 0.904 bits per heavy atom. The third-order valence-corrected chi connectivity index (χ3v) is 15.8. The summed E-state index contributed by atoms with van der Waals surface area (Å²) in [4.78, 5) is 16.5. The van der Waals surface area contributed by atoms with E-state index in [1.165, 1.54) is 10.4 Å². The van der Waals surface area contributed by atoms with Crippen LogP contribution in [0, 0.1) is 11.3 Å². The molecule has 0 bridgehead atoms. The molecule has 9 heteroatoms. The van der Waals surface area contributed by atoms with E-state index in [2.05, 4.69) is 118 Å². The normalized spacial score (nSPS) is 16.8. The molecule has 2 aliphatic rings. The molecule has 0 spiro atoms. The van der Waals surface area contributed by atoms with Crippen molar-refractivity contribution in [3.63, 3.8) is 0 Å². The molecule has 1 aliphatic heterocycles. The van der Waals surface area contributed by atoms with Gasteiger partial charge in [0.05, 0.1) is 17.9 Å². The van der Waals surface area contributed by atoms with E-state index in [1.54, 1.807) is 0 Å². The lowest BCUT2D eigenvalue weighted by Crippen LogP contribution is -2.67. The molecule has 6 rings (SSSR count). The second-order valence-electron chi connectivity index (χ2n) is 17.5. The van der Waals surface area contributed by atoms with Gasteiger partial charge in [0.1, 0.15) is 11.4 Å². The van der Waals surface area contributed by atoms with Crippen LogP contribution in [0.4, 0.5) is 4.79 Å². The van der Waals surface area contributed by atoms with E-state index in [4.69, 9.17) is 18.4 Å². The lowest BCUT2D eigenvalue weighted by Gasteiger charge is -2.43. The molecule has 4 aromatic rings. The number of carbonyl (C=O) groups excluding carboxylic acids is 1. The minimum absolute atomic E-state index is 0.0248. The maximum absolute atomic E-state index is 12.5. The number of benzene rings is 3. The first-order chi connectivity index (χ1) is 24.7. The fourth-order valence-corrected chi connectivity index (χ4v) is 12.4. The summed E-state index contributed by atoms with van der Waals surface area (Å²) in [5.41, 5.74) is 2.35. The van der Waals surface area contributed by atoms with Gasteiger partial charge in [0.2, 0.25) is 0 Å². The molecule has 0 unspecified atom stereocenters. The molecular weight excluding hydrogens is 667 g/mol. The minimum Gasteiger partial charge on any atom is -0.492 e. The second-order valence-corrected chi connectivity index (χ2v) is 21.8. The van der Waals surface area contributed by atoms with Crippen LogP contribution in [-0.4, -0.2) is 75.4 Å². The number of piperidine rings is 1. The van der Waals surface area contributed by atoms with Crippen molar-refractivity contribution in [1.29, 1.82) is 0 Å². The number of likely N-dealkylation sites (tertiary alicyclic amines) is 1. The Morgan fingerprint density at radius 3 is 2.06 bits per heavy atom. The van der Waals surface area contributed by atoms with Crippen LogP contribution in [0.2, 0.25) is 5.04 Å². The first-order valence-electron chi connectivity index (χ1n) is 19.1. The van der Waals surface area contributed by atoms with Gasteiger partial charge in [-0.05, 0) is 107 Å². The van der Waals surface area contributed by atoms with Gasteiger partial charge in [-0.25, -0.2) is 4.79 Å². The Labute approximate surface area is 311 Å². The summed E-state index contributed by atoms with van der Waals surface area (Å²) in [5, 5.41) is 8.18. The van der Waals surface area contributed by atoms with Crippen molar-refractivity contribution in [2.24, 2.45) is 11.3 Å². The molecule has 1 aliphatic carbocycles. The number of carbonyl (C=O) groups is 1. The predicted molar refractivity (Wildman–Crippen MR) is 211 cm³/mol. The van der Waals surface area contributed by atoms with Crippen LogP contribution in [0.3, 0.4) is 0 Å². The van der Waals surface area contributed by atoms with E-state index in [0.29, 0.717) is 25.7 Å². The molecule has 3 aromatic carbocycles. The van der Waals surface area contributed by atoms with Crippen LogP contribution in [0.5, 0.6) is 5.75 Å². The highest BCUT2D eigenvalue weighted by Gasteiger charge is 2.53. The van der Waals surface area contributed by atoms with Crippen LogP contribution in [0.15, 0.2) is 77.3 Å². The number of aryl methyl sites for hydroxylation is 1. The zero-order valence-electron chi connectivity index (χ0n) is 32.7. The van der Waals surface area contributed by atoms with Crippen LogP contribution in [0.1, 0.15) is 84.9 Å². The number of fused-ring (bicyclic) bond motifs is 1. The molecule has 1 aromatic heterocycles. The van der Waals surface area contributed by atoms with Gasteiger partial charge < -0.3 is 28.2 Å². The highest BCUT2D eigenvalue weighted by molar-refractivity contribution is 6.99. The van der Waals surface area contributed by atoms with Crippen LogP contribution in [0.25, 0.3) is 11.0 Å². The summed E-state index contributed by atoms with van der Waals surface area (Å²) >= 11 is 0. The maximum Gasteiger partial charge on any atom is 0.410 e. The smallest absolute Gasteiger partial charge is 0.410 e. The topological polar surface area (TPSA) is 77.3 Å². The lowest BCUT2D eigenvalue weighted by atomic mass is 9.91. The summed E-state index contributed by atoms with van der Waals surface area (Å²) in [7, 11) is 1.51. The van der Waals surface area contributed by atoms with Crippen molar-refractivity contribution >= 4 is 35.8 Å². The Balaban J connectivity index is 1.14. The molecule has 0 N–H and O–H groups in total. The number of hydrogen-bond donors (Lipinski definition) is 0. The second kappa shape index (κ2) is 15.4. The fourth-order valence-electron chi connectivity index (χ4n) is 7.71. The number of amides is 1. The quantitative estimate of drug-likeness (QED) is 0.129. The molecule has 2 heterocycles. The monoisotopic (exact) mass is 725 g/mol. The van der Waals surface area contributed by atoms with E-state index in [0.717, 1.165) is 79.6 Å². The highest BCUT2D eigenvalue weighted by Crippen LogP contribution is 2.48. The molecule has 8 nitrogen and oxygen atoms in total. The molecule has 0 radical (unpaired) electrons. The number of ether oxygens (including phenoxy) is 2. The summed E-state index contributed by atoms with van der Waals surface area (Å²) < 4.78 is 25.8. The van der Waals surface area contributed by atoms with Gasteiger partial charge in [-0.15, -0.1) is 0 Å². The fraction of sp³-hybridized carbons (Fsp3) is 0.535. The molecular formula is C43H59N3O5Si. The summed E-state index contributed by atoms with van der Waals surface area (Å²) in [6.45, 7) is 16.2. The number of hydrogen-bond acceptors (Lipinski definition) is 7. The van der Waals surface area contributed by atoms with Gasteiger partial charge in [-0.1, -0.05) is 86.6 Å². The van der Waals surface area contributed by atoms with Gasteiger partial charge in [0.25, 0.3) is 8.32 Å². The van der Waals surface area contributed by atoms with E-state index >= 15 is 0 Å². The first kappa shape index (κ1) is 38.1. The Kier molecular flexibility index (Phi) is 11.2. The van der Waals surface area contributed by atoms with Gasteiger partial charge in [-0.2, -0.15) is 0 Å². The van der Waals surface area contributed by atoms with E-state index in [-0.39, 0.29) is 16.5 Å². The van der Waals surface area contributed by atoms with Crippen LogP contribution < -0.4 is 15.1 Å². The van der Waals surface area contributed by atoms with Crippen molar-refractivity contribution in [3.05, 3.63) is 84.1 Å². The zero-order valence-corrected chi connectivity index (χ0v) is 33.7. The van der Waals surface area contributed by atoms with Crippen molar-refractivity contribution in [1.82, 2.24) is 15.0 Å². The average Bonchev–Trinajstić information content (AvgIpc) is 3.75. The lowest BCUT2D eigenvalue weighted by molar-refractivity contribution is 0.0181. The first-order valence-corrected chi connectivity index (χ1v) is 21.0. The molecule has 280 valence electrons. The third kappa shape index (κ3) is 8.58. The van der Waals surface area contributed by atoms with E-state index in [1.807, 2.05) is 25.7 Å². The van der Waals surface area contributed by atoms with Crippen molar-refractivity contribution in [2.45, 2.75) is 97.3 Å². The van der Waals surface area contributed by atoms with Crippen molar-refractivity contribution in [3.8, 4) is 5.75 Å². The Bertz CT molecular complexity index is 1740. The Hall–Kier alpha value is -3.66. The number of aromatic nitrogens is 1. The van der Waals surface area contributed by atoms with Crippen molar-refractivity contribution in [2.75, 3.05) is 40.4 Å². The van der Waals surface area contributed by atoms with E-state index < -0.39 is 13.9 Å². The van der Waals surface area contributed by atoms with Crippen LogP contribution in [-0.2, 0) is 22.1 Å². The van der Waals surface area contributed by atoms with Gasteiger partial charge in [-0.3, -0.25) is 0 Å². The van der Waals surface area contributed by atoms with Crippen molar-refractivity contribution < 1.29 is 23.2 Å². The van der Waals surface area contributed by atoms with Gasteiger partial charge >= 0.3 is 6.09 Å². The summed E-state index contributed by atoms with van der Waals surface area (Å²) in [5.74, 6) is 1.39.